The van der Waals surface area contributed by atoms with Gasteiger partial charge in [0.15, 0.2) is 0 Å². The van der Waals surface area contributed by atoms with Gasteiger partial charge in [0.25, 0.3) is 0 Å². The van der Waals surface area contributed by atoms with Crippen molar-refractivity contribution in [3.05, 3.63) is 22.7 Å². The lowest BCUT2D eigenvalue weighted by atomic mass is 10.1. The lowest BCUT2D eigenvalue weighted by Crippen LogP contribution is -2.25. The monoisotopic (exact) mass is 299 g/mol. The molecule has 0 aliphatic carbocycles. The average Bonchev–Trinajstić information content (AvgIpc) is 2.70. The lowest BCUT2D eigenvalue weighted by molar-refractivity contribution is -0.117. The zero-order valence-corrected chi connectivity index (χ0v) is 11.1. The van der Waals surface area contributed by atoms with E-state index in [2.05, 4.69) is 15.9 Å². The van der Waals surface area contributed by atoms with E-state index in [1.807, 2.05) is 18.2 Å². The Kier molecular flexibility index (Phi) is 3.69. The summed E-state index contributed by atoms with van der Waals surface area (Å²) in [5.41, 5.74) is 0.746. The first-order valence-electron chi connectivity index (χ1n) is 5.41. The number of amides is 1. The molecular formula is C12H14BrNO3. The van der Waals surface area contributed by atoms with Crippen LogP contribution in [0, 0.1) is 5.92 Å². The summed E-state index contributed by atoms with van der Waals surface area (Å²) in [6.07, 6.45) is 0.390. The van der Waals surface area contributed by atoms with Gasteiger partial charge in [-0.3, -0.25) is 4.79 Å². The van der Waals surface area contributed by atoms with Crippen molar-refractivity contribution in [1.29, 1.82) is 0 Å². The van der Waals surface area contributed by atoms with Crippen molar-refractivity contribution in [2.75, 3.05) is 25.2 Å². The maximum Gasteiger partial charge on any atom is 0.227 e. The van der Waals surface area contributed by atoms with Gasteiger partial charge in [0.05, 0.1) is 7.11 Å². The Morgan fingerprint density at radius 3 is 2.94 bits per heavy atom. The number of carbonyl (C=O) groups excluding carboxylic acids is 1. The van der Waals surface area contributed by atoms with Crippen LogP contribution in [0.2, 0.25) is 0 Å². The number of carbonyl (C=O) groups is 1. The van der Waals surface area contributed by atoms with E-state index < -0.39 is 0 Å². The van der Waals surface area contributed by atoms with E-state index in [9.17, 15) is 4.79 Å². The number of aliphatic hydroxyl groups excluding tert-OH is 1. The van der Waals surface area contributed by atoms with Gasteiger partial charge >= 0.3 is 0 Å². The first-order chi connectivity index (χ1) is 8.17. The largest absolute Gasteiger partial charge is 0.495 e. The third-order valence-electron chi connectivity index (χ3n) is 2.90. The molecule has 1 aliphatic heterocycles. The molecule has 17 heavy (non-hydrogen) atoms. The fourth-order valence-electron chi connectivity index (χ4n) is 2.04. The summed E-state index contributed by atoms with van der Waals surface area (Å²) in [6.45, 7) is 0.573. The molecule has 1 amide bonds. The van der Waals surface area contributed by atoms with Crippen LogP contribution < -0.4 is 9.64 Å². The SMILES string of the molecule is COc1cccc(Br)c1N1CC(CO)CC1=O. The molecule has 5 heteroatoms. The van der Waals surface area contributed by atoms with Crippen molar-refractivity contribution in [2.24, 2.45) is 5.92 Å². The molecule has 1 N–H and O–H groups in total. The molecule has 1 saturated heterocycles. The molecule has 0 aromatic heterocycles. The Hall–Kier alpha value is -1.07. The molecule has 1 atom stereocenters. The Morgan fingerprint density at radius 2 is 2.35 bits per heavy atom. The predicted molar refractivity (Wildman–Crippen MR) is 68.2 cm³/mol. The minimum atomic E-state index is 0.0133. The van der Waals surface area contributed by atoms with Gasteiger partial charge in [-0.15, -0.1) is 0 Å². The van der Waals surface area contributed by atoms with E-state index in [4.69, 9.17) is 9.84 Å². The van der Waals surface area contributed by atoms with E-state index >= 15 is 0 Å². The number of rotatable bonds is 3. The number of methoxy groups -OCH3 is 1. The van der Waals surface area contributed by atoms with Crippen molar-refractivity contribution in [1.82, 2.24) is 0 Å². The van der Waals surface area contributed by atoms with Crippen LogP contribution in [0.4, 0.5) is 5.69 Å². The van der Waals surface area contributed by atoms with Gasteiger partial charge in [-0.25, -0.2) is 0 Å². The summed E-state index contributed by atoms with van der Waals surface area (Å²) in [5.74, 6) is 0.694. The molecule has 92 valence electrons. The van der Waals surface area contributed by atoms with Crippen molar-refractivity contribution in [3.8, 4) is 5.75 Å². The van der Waals surface area contributed by atoms with Crippen LogP contribution in [0.25, 0.3) is 0 Å². The van der Waals surface area contributed by atoms with Crippen LogP contribution >= 0.6 is 15.9 Å². The quantitative estimate of drug-likeness (QED) is 0.926. The fourth-order valence-corrected chi connectivity index (χ4v) is 2.60. The number of benzene rings is 1. The summed E-state index contributed by atoms with van der Waals surface area (Å²) in [6, 6.07) is 5.55. The smallest absolute Gasteiger partial charge is 0.227 e. The number of hydrogen-bond donors (Lipinski definition) is 1. The molecule has 0 radical (unpaired) electrons. The van der Waals surface area contributed by atoms with E-state index in [0.29, 0.717) is 18.7 Å². The molecule has 0 bridgehead atoms. The molecule has 1 aromatic rings. The molecule has 0 spiro atoms. The second kappa shape index (κ2) is 5.06. The van der Waals surface area contributed by atoms with Gasteiger partial charge < -0.3 is 14.7 Å². The number of hydrogen-bond acceptors (Lipinski definition) is 3. The minimum Gasteiger partial charge on any atom is -0.495 e. The van der Waals surface area contributed by atoms with Crippen molar-refractivity contribution >= 4 is 27.5 Å². The molecule has 1 aliphatic rings. The number of halogens is 1. The maximum absolute atomic E-state index is 11.9. The topological polar surface area (TPSA) is 49.8 Å². The van der Waals surface area contributed by atoms with E-state index in [0.717, 1.165) is 10.2 Å². The van der Waals surface area contributed by atoms with E-state index in [-0.39, 0.29) is 18.4 Å². The minimum absolute atomic E-state index is 0.0133. The molecule has 1 unspecified atom stereocenters. The summed E-state index contributed by atoms with van der Waals surface area (Å²) in [7, 11) is 1.58. The summed E-state index contributed by atoms with van der Waals surface area (Å²) >= 11 is 3.43. The highest BCUT2D eigenvalue weighted by Crippen LogP contribution is 2.38. The van der Waals surface area contributed by atoms with Gasteiger partial charge in [0.2, 0.25) is 5.91 Å². The molecular weight excluding hydrogens is 286 g/mol. The highest BCUT2D eigenvalue weighted by atomic mass is 79.9. The van der Waals surface area contributed by atoms with Gasteiger partial charge in [-0.1, -0.05) is 6.07 Å². The third kappa shape index (κ3) is 2.30. The van der Waals surface area contributed by atoms with Crippen molar-refractivity contribution in [2.45, 2.75) is 6.42 Å². The normalized spacial score (nSPS) is 19.8. The summed E-state index contributed by atoms with van der Waals surface area (Å²) in [4.78, 5) is 13.6. The molecule has 1 aromatic carbocycles. The highest BCUT2D eigenvalue weighted by molar-refractivity contribution is 9.10. The Morgan fingerprint density at radius 1 is 1.59 bits per heavy atom. The van der Waals surface area contributed by atoms with E-state index in [1.165, 1.54) is 0 Å². The van der Waals surface area contributed by atoms with Crippen LogP contribution in [0.5, 0.6) is 5.75 Å². The summed E-state index contributed by atoms with van der Waals surface area (Å²) in [5, 5.41) is 9.12. The highest BCUT2D eigenvalue weighted by Gasteiger charge is 2.32. The molecule has 1 heterocycles. The Bertz CT molecular complexity index is 436. The van der Waals surface area contributed by atoms with Crippen molar-refractivity contribution in [3.63, 3.8) is 0 Å². The first kappa shape index (κ1) is 12.4. The number of anilines is 1. The maximum atomic E-state index is 11.9. The average molecular weight is 300 g/mol. The standard InChI is InChI=1S/C12H14BrNO3/c1-17-10-4-2-3-9(13)12(10)14-6-8(7-15)5-11(14)16/h2-4,8,15H,5-7H2,1H3. The van der Waals surface area contributed by atoms with Crippen LogP contribution in [-0.4, -0.2) is 31.3 Å². The van der Waals surface area contributed by atoms with Crippen LogP contribution in [0.15, 0.2) is 22.7 Å². The molecule has 0 saturated carbocycles. The number of aliphatic hydroxyl groups is 1. The molecule has 4 nitrogen and oxygen atoms in total. The third-order valence-corrected chi connectivity index (χ3v) is 3.54. The number of nitrogens with zero attached hydrogens (tertiary/aromatic N) is 1. The summed E-state index contributed by atoms with van der Waals surface area (Å²) < 4.78 is 6.09. The van der Waals surface area contributed by atoms with Crippen LogP contribution in [-0.2, 0) is 4.79 Å². The van der Waals surface area contributed by atoms with Gasteiger partial charge in [0, 0.05) is 30.0 Å². The number of para-hydroxylation sites is 1. The zero-order chi connectivity index (χ0) is 12.4. The Labute approximate surface area is 108 Å². The van der Waals surface area contributed by atoms with Crippen molar-refractivity contribution < 1.29 is 14.6 Å². The molecule has 2 rings (SSSR count). The van der Waals surface area contributed by atoms with Gasteiger partial charge in [-0.2, -0.15) is 0 Å². The fraction of sp³-hybridized carbons (Fsp3) is 0.417. The Balaban J connectivity index is 2.37. The van der Waals surface area contributed by atoms with Crippen LogP contribution in [0.1, 0.15) is 6.42 Å². The van der Waals surface area contributed by atoms with Crippen LogP contribution in [0.3, 0.4) is 0 Å². The first-order valence-corrected chi connectivity index (χ1v) is 6.20. The van der Waals surface area contributed by atoms with E-state index in [1.54, 1.807) is 12.0 Å². The second-order valence-corrected chi connectivity index (χ2v) is 4.90. The molecule has 1 fully saturated rings. The van der Waals surface area contributed by atoms with Gasteiger partial charge in [0.1, 0.15) is 11.4 Å². The lowest BCUT2D eigenvalue weighted by Gasteiger charge is -2.20. The number of ether oxygens (including phenoxy) is 1. The zero-order valence-electron chi connectivity index (χ0n) is 9.52. The second-order valence-electron chi connectivity index (χ2n) is 4.05. The van der Waals surface area contributed by atoms with Gasteiger partial charge in [-0.05, 0) is 28.1 Å². The predicted octanol–water partition coefficient (Wildman–Crippen LogP) is 1.80.